The normalized spacial score (nSPS) is 18.7. The summed E-state index contributed by atoms with van der Waals surface area (Å²) in [7, 11) is -0.936. The molecule has 4 nitrogen and oxygen atoms in total. The van der Waals surface area contributed by atoms with Crippen LogP contribution in [0, 0.1) is 0 Å². The van der Waals surface area contributed by atoms with Crippen molar-refractivity contribution in [3.63, 3.8) is 0 Å². The summed E-state index contributed by atoms with van der Waals surface area (Å²) < 4.78 is 52.2. The Hall–Kier alpha value is -1.25. The second-order valence-electron chi connectivity index (χ2n) is 9.48. The molecule has 0 amide bonds. The molecule has 2 N–H and O–H groups in total. The maximum atomic E-state index is 13.7. The van der Waals surface area contributed by atoms with Crippen molar-refractivity contribution in [3.05, 3.63) is 23.8 Å². The van der Waals surface area contributed by atoms with Crippen molar-refractivity contribution in [2.24, 2.45) is 0 Å². The van der Waals surface area contributed by atoms with Crippen molar-refractivity contribution in [1.82, 2.24) is 4.90 Å². The fourth-order valence-electron chi connectivity index (χ4n) is 3.41. The number of methoxy groups -OCH3 is 1. The summed E-state index contributed by atoms with van der Waals surface area (Å²) >= 11 is 0. The zero-order valence-electron chi connectivity index (χ0n) is 18.4. The molecular formula is C21H35F3N2O2Si. The Bertz CT molecular complexity index is 681. The van der Waals surface area contributed by atoms with E-state index in [1.165, 1.54) is 0 Å². The average Bonchev–Trinajstić information content (AvgIpc) is 2.60. The number of nitrogen functional groups attached to an aromatic ring is 1. The molecule has 8 heteroatoms. The van der Waals surface area contributed by atoms with Gasteiger partial charge in [0.05, 0.1) is 12.8 Å². The van der Waals surface area contributed by atoms with E-state index in [1.807, 2.05) is 57.0 Å². The van der Waals surface area contributed by atoms with Crippen LogP contribution in [0.5, 0.6) is 5.75 Å². The van der Waals surface area contributed by atoms with Gasteiger partial charge in [-0.15, -0.1) is 0 Å². The van der Waals surface area contributed by atoms with Crippen LogP contribution in [0.15, 0.2) is 18.2 Å². The second kappa shape index (κ2) is 8.86. The molecule has 1 aromatic carbocycles. The van der Waals surface area contributed by atoms with E-state index >= 15 is 0 Å². The van der Waals surface area contributed by atoms with Crippen LogP contribution in [0.3, 0.4) is 0 Å². The number of ether oxygens (including phenoxy) is 1. The van der Waals surface area contributed by atoms with Crippen molar-refractivity contribution >= 4 is 14.0 Å². The van der Waals surface area contributed by atoms with Gasteiger partial charge in [-0.2, -0.15) is 13.2 Å². The molecule has 29 heavy (non-hydrogen) atoms. The highest BCUT2D eigenvalue weighted by Gasteiger charge is 2.48. The van der Waals surface area contributed by atoms with Gasteiger partial charge in [0.1, 0.15) is 5.75 Å². The number of nitrogens with two attached hydrogens (primary N) is 1. The molecule has 1 aliphatic rings. The SMILES string of the molecule is COc1cc(C2CCN(CC(O[Si](C)(C)C(C)(C)C)C(F)(F)F)CC2)ccc1N. The van der Waals surface area contributed by atoms with Crippen molar-refractivity contribution in [2.45, 2.75) is 69.9 Å². The number of alkyl halides is 3. The molecule has 2 rings (SSSR count). The highest BCUT2D eigenvalue weighted by Crippen LogP contribution is 2.40. The van der Waals surface area contributed by atoms with Crippen LogP contribution in [-0.2, 0) is 4.43 Å². The maximum Gasteiger partial charge on any atom is 0.414 e. The molecule has 1 aliphatic heterocycles. The molecule has 1 aromatic rings. The zero-order chi connectivity index (χ0) is 22.0. The van der Waals surface area contributed by atoms with Crippen LogP contribution in [0.1, 0.15) is 45.1 Å². The molecular weight excluding hydrogens is 397 g/mol. The quantitative estimate of drug-likeness (QED) is 0.482. The van der Waals surface area contributed by atoms with E-state index in [2.05, 4.69) is 0 Å². The minimum Gasteiger partial charge on any atom is -0.495 e. The lowest BCUT2D eigenvalue weighted by molar-refractivity contribution is -0.203. The fourth-order valence-corrected chi connectivity index (χ4v) is 4.68. The van der Waals surface area contributed by atoms with E-state index < -0.39 is 20.6 Å². The summed E-state index contributed by atoms with van der Waals surface area (Å²) in [5, 5.41) is -0.266. The van der Waals surface area contributed by atoms with Gasteiger partial charge < -0.3 is 19.8 Å². The minimum atomic E-state index is -4.36. The Morgan fingerprint density at radius 2 is 1.76 bits per heavy atom. The van der Waals surface area contributed by atoms with Gasteiger partial charge in [0.2, 0.25) is 0 Å². The Morgan fingerprint density at radius 1 is 1.17 bits per heavy atom. The summed E-state index contributed by atoms with van der Waals surface area (Å²) in [6, 6.07) is 5.75. The first kappa shape index (κ1) is 24.0. The summed E-state index contributed by atoms with van der Waals surface area (Å²) in [5.41, 5.74) is 7.59. The number of anilines is 1. The first-order valence-corrected chi connectivity index (χ1v) is 13.1. The number of rotatable bonds is 6. The third-order valence-corrected chi connectivity index (χ3v) is 10.8. The van der Waals surface area contributed by atoms with E-state index in [0.29, 0.717) is 30.4 Å². The monoisotopic (exact) mass is 432 g/mol. The molecule has 0 aromatic heterocycles. The molecule has 0 aliphatic carbocycles. The van der Waals surface area contributed by atoms with Crippen molar-refractivity contribution in [2.75, 3.05) is 32.5 Å². The lowest BCUT2D eigenvalue weighted by atomic mass is 9.89. The Morgan fingerprint density at radius 3 is 2.24 bits per heavy atom. The fraction of sp³-hybridized carbons (Fsp3) is 0.714. The lowest BCUT2D eigenvalue weighted by Crippen LogP contribution is -2.52. The maximum absolute atomic E-state index is 13.7. The Labute approximate surface area is 173 Å². The molecule has 0 spiro atoms. The van der Waals surface area contributed by atoms with Crippen molar-refractivity contribution in [3.8, 4) is 5.75 Å². The van der Waals surface area contributed by atoms with Crippen molar-refractivity contribution < 1.29 is 22.3 Å². The van der Waals surface area contributed by atoms with Gasteiger partial charge in [-0.05, 0) is 67.7 Å². The molecule has 1 heterocycles. The third-order valence-electron chi connectivity index (χ3n) is 6.35. The summed E-state index contributed by atoms with van der Waals surface area (Å²) in [6.45, 7) is 10.7. The molecule has 0 bridgehead atoms. The predicted octanol–water partition coefficient (Wildman–Crippen LogP) is 5.41. The van der Waals surface area contributed by atoms with E-state index in [1.54, 1.807) is 7.11 Å². The van der Waals surface area contributed by atoms with Gasteiger partial charge in [0.25, 0.3) is 0 Å². The smallest absolute Gasteiger partial charge is 0.414 e. The summed E-state index contributed by atoms with van der Waals surface area (Å²) in [6.07, 6.45) is -4.50. The van der Waals surface area contributed by atoms with Crippen LogP contribution < -0.4 is 10.5 Å². The van der Waals surface area contributed by atoms with Gasteiger partial charge >= 0.3 is 6.18 Å². The highest BCUT2D eigenvalue weighted by atomic mass is 28.4. The predicted molar refractivity (Wildman–Crippen MR) is 114 cm³/mol. The summed E-state index contributed by atoms with van der Waals surface area (Å²) in [4.78, 5) is 1.89. The standard InChI is InChI=1S/C21H35F3N2O2Si/c1-20(2,3)29(5,6)28-19(21(22,23)24)14-26-11-9-15(10-12-26)16-7-8-17(25)18(13-16)27-4/h7-8,13,15,19H,9-12,14,25H2,1-6H3. The number of hydrogen-bond acceptors (Lipinski definition) is 4. The van der Waals surface area contributed by atoms with E-state index in [9.17, 15) is 13.2 Å². The van der Waals surface area contributed by atoms with Crippen LogP contribution >= 0.6 is 0 Å². The summed E-state index contributed by atoms with van der Waals surface area (Å²) in [5.74, 6) is 0.941. The highest BCUT2D eigenvalue weighted by molar-refractivity contribution is 6.74. The zero-order valence-corrected chi connectivity index (χ0v) is 19.4. The largest absolute Gasteiger partial charge is 0.495 e. The first-order valence-electron chi connectivity index (χ1n) is 10.1. The second-order valence-corrected chi connectivity index (χ2v) is 14.2. The number of nitrogens with zero attached hydrogens (tertiary/aromatic N) is 1. The topological polar surface area (TPSA) is 47.7 Å². The molecule has 166 valence electrons. The Kier molecular flexibility index (Phi) is 7.33. The molecule has 0 radical (unpaired) electrons. The molecule has 1 fully saturated rings. The van der Waals surface area contributed by atoms with Gasteiger partial charge in [-0.25, -0.2) is 0 Å². The van der Waals surface area contributed by atoms with Gasteiger partial charge in [-0.3, -0.25) is 0 Å². The van der Waals surface area contributed by atoms with Crippen molar-refractivity contribution in [1.29, 1.82) is 0 Å². The van der Waals surface area contributed by atoms with E-state index in [4.69, 9.17) is 14.9 Å². The van der Waals surface area contributed by atoms with Crippen LogP contribution in [-0.4, -0.2) is 52.2 Å². The van der Waals surface area contributed by atoms with Gasteiger partial charge in [0.15, 0.2) is 14.4 Å². The van der Waals surface area contributed by atoms with Crippen LogP contribution in [0.4, 0.5) is 18.9 Å². The van der Waals surface area contributed by atoms with Crippen LogP contribution in [0.2, 0.25) is 18.1 Å². The molecule has 1 saturated heterocycles. The van der Waals surface area contributed by atoms with E-state index in [0.717, 1.165) is 18.4 Å². The third kappa shape index (κ3) is 6.12. The number of benzene rings is 1. The minimum absolute atomic E-state index is 0.103. The van der Waals surface area contributed by atoms with Gasteiger partial charge in [0, 0.05) is 6.54 Å². The number of likely N-dealkylation sites (tertiary alicyclic amines) is 1. The van der Waals surface area contributed by atoms with Crippen LogP contribution in [0.25, 0.3) is 0 Å². The average molecular weight is 433 g/mol. The number of piperidine rings is 1. The molecule has 1 atom stereocenters. The van der Waals surface area contributed by atoms with Gasteiger partial charge in [-0.1, -0.05) is 26.8 Å². The van der Waals surface area contributed by atoms with E-state index in [-0.39, 0.29) is 11.6 Å². The Balaban J connectivity index is 2.02. The number of halogens is 3. The lowest BCUT2D eigenvalue weighted by Gasteiger charge is -2.42. The first-order chi connectivity index (χ1) is 13.2. The molecule has 0 saturated carbocycles. The molecule has 1 unspecified atom stereocenters. The number of hydrogen-bond donors (Lipinski definition) is 1.